The van der Waals surface area contributed by atoms with Crippen molar-refractivity contribution in [3.63, 3.8) is 0 Å². The van der Waals surface area contributed by atoms with Gasteiger partial charge in [-0.1, -0.05) is 28.1 Å². The second kappa shape index (κ2) is 7.16. The third kappa shape index (κ3) is 3.71. The highest BCUT2D eigenvalue weighted by atomic mass is 79.9. The number of aromatic nitrogens is 1. The van der Waals surface area contributed by atoms with Gasteiger partial charge in [-0.15, -0.1) is 0 Å². The molecule has 0 bridgehead atoms. The maximum atomic E-state index is 13.3. The highest BCUT2D eigenvalue weighted by Gasteiger charge is 2.34. The number of anilines is 1. The number of benzene rings is 1. The zero-order valence-electron chi connectivity index (χ0n) is 14.2. The summed E-state index contributed by atoms with van der Waals surface area (Å²) in [6, 6.07) is 12.4. The Labute approximate surface area is 157 Å². The molecule has 2 heterocycles. The van der Waals surface area contributed by atoms with E-state index >= 15 is 0 Å². The lowest BCUT2D eigenvalue weighted by Crippen LogP contribution is -2.34. The van der Waals surface area contributed by atoms with Crippen molar-refractivity contribution in [2.24, 2.45) is 0 Å². The average molecular weight is 400 g/mol. The van der Waals surface area contributed by atoms with E-state index in [0.717, 1.165) is 47.3 Å². The molecule has 0 atom stereocenters. The summed E-state index contributed by atoms with van der Waals surface area (Å²) in [6.07, 6.45) is 6.33. The molecule has 1 saturated heterocycles. The first kappa shape index (κ1) is 16.6. The lowest BCUT2D eigenvalue weighted by atomic mass is 10.1. The highest BCUT2D eigenvalue weighted by molar-refractivity contribution is 9.10. The average Bonchev–Trinajstić information content (AvgIpc) is 3.32. The smallest absolute Gasteiger partial charge is 0.258 e. The number of hydrogen-bond acceptors (Lipinski definition) is 3. The zero-order valence-corrected chi connectivity index (χ0v) is 15.8. The molecule has 1 saturated carbocycles. The van der Waals surface area contributed by atoms with Crippen molar-refractivity contribution in [1.82, 2.24) is 9.88 Å². The van der Waals surface area contributed by atoms with E-state index in [1.165, 1.54) is 12.8 Å². The van der Waals surface area contributed by atoms with Crippen LogP contribution in [-0.2, 0) is 6.54 Å². The van der Waals surface area contributed by atoms with Crippen LogP contribution in [0.4, 0.5) is 5.82 Å². The maximum Gasteiger partial charge on any atom is 0.258 e. The molecule has 25 heavy (non-hydrogen) atoms. The molecule has 4 nitrogen and oxygen atoms in total. The van der Waals surface area contributed by atoms with Gasteiger partial charge in [0, 0.05) is 36.3 Å². The van der Waals surface area contributed by atoms with Crippen LogP contribution in [0.25, 0.3) is 0 Å². The van der Waals surface area contributed by atoms with E-state index in [1.54, 1.807) is 6.20 Å². The number of pyridine rings is 1. The minimum Gasteiger partial charge on any atom is -0.356 e. The van der Waals surface area contributed by atoms with Crippen LogP contribution in [-0.4, -0.2) is 34.9 Å². The van der Waals surface area contributed by atoms with Crippen LogP contribution in [0.1, 0.15) is 41.6 Å². The molecule has 0 N–H and O–H groups in total. The van der Waals surface area contributed by atoms with E-state index in [1.807, 2.05) is 29.2 Å². The van der Waals surface area contributed by atoms with E-state index in [-0.39, 0.29) is 5.91 Å². The number of hydrogen-bond donors (Lipinski definition) is 0. The Morgan fingerprint density at radius 1 is 1.20 bits per heavy atom. The van der Waals surface area contributed by atoms with Crippen LogP contribution in [0, 0.1) is 0 Å². The third-order valence-corrected chi connectivity index (χ3v) is 5.41. The summed E-state index contributed by atoms with van der Waals surface area (Å²) in [5.41, 5.74) is 1.90. The van der Waals surface area contributed by atoms with E-state index in [2.05, 4.69) is 37.9 Å². The SMILES string of the molecule is O=C(c1cccnc1N1CCCC1)N(Cc1cccc(Br)c1)C1CC1. The van der Waals surface area contributed by atoms with E-state index in [0.29, 0.717) is 12.6 Å². The number of halogens is 1. The molecule has 1 aliphatic carbocycles. The molecule has 2 aromatic rings. The van der Waals surface area contributed by atoms with Gasteiger partial charge in [-0.3, -0.25) is 4.79 Å². The standard InChI is InChI=1S/C20H22BrN3O/c21-16-6-3-5-15(13-16)14-24(17-8-9-17)20(25)18-7-4-10-22-19(18)23-11-1-2-12-23/h3-7,10,13,17H,1-2,8-9,11-12,14H2. The quantitative estimate of drug-likeness (QED) is 0.753. The van der Waals surface area contributed by atoms with E-state index < -0.39 is 0 Å². The van der Waals surface area contributed by atoms with Gasteiger partial charge >= 0.3 is 0 Å². The Morgan fingerprint density at radius 3 is 2.72 bits per heavy atom. The number of carbonyl (C=O) groups is 1. The van der Waals surface area contributed by atoms with Crippen molar-refractivity contribution < 1.29 is 4.79 Å². The lowest BCUT2D eigenvalue weighted by Gasteiger charge is -2.26. The molecule has 2 aliphatic rings. The molecule has 1 aliphatic heterocycles. The molecule has 1 aromatic heterocycles. The molecular weight excluding hydrogens is 378 g/mol. The molecule has 0 spiro atoms. The lowest BCUT2D eigenvalue weighted by molar-refractivity contribution is 0.0730. The minimum atomic E-state index is 0.109. The summed E-state index contributed by atoms with van der Waals surface area (Å²) in [4.78, 5) is 22.2. The fourth-order valence-corrected chi connectivity index (χ4v) is 3.93. The van der Waals surface area contributed by atoms with Gasteiger partial charge < -0.3 is 9.80 Å². The second-order valence-corrected chi connectivity index (χ2v) is 7.78. The summed E-state index contributed by atoms with van der Waals surface area (Å²) >= 11 is 3.52. The number of rotatable bonds is 5. The fourth-order valence-electron chi connectivity index (χ4n) is 3.48. The van der Waals surface area contributed by atoms with Gasteiger partial charge in [0.25, 0.3) is 5.91 Å². The van der Waals surface area contributed by atoms with Gasteiger partial charge in [0.15, 0.2) is 0 Å². The number of carbonyl (C=O) groups excluding carboxylic acids is 1. The van der Waals surface area contributed by atoms with Gasteiger partial charge in [-0.2, -0.15) is 0 Å². The molecule has 130 valence electrons. The molecule has 2 fully saturated rings. The van der Waals surface area contributed by atoms with Crippen molar-refractivity contribution >= 4 is 27.7 Å². The monoisotopic (exact) mass is 399 g/mol. The van der Waals surface area contributed by atoms with Crippen molar-refractivity contribution in [3.8, 4) is 0 Å². The predicted octanol–water partition coefficient (Wildman–Crippen LogP) is 4.25. The first-order chi connectivity index (χ1) is 12.2. The molecule has 1 aromatic carbocycles. The Balaban J connectivity index is 1.61. The van der Waals surface area contributed by atoms with Crippen molar-refractivity contribution in [2.75, 3.05) is 18.0 Å². The van der Waals surface area contributed by atoms with E-state index in [4.69, 9.17) is 0 Å². The van der Waals surface area contributed by atoms with Crippen molar-refractivity contribution in [3.05, 3.63) is 58.2 Å². The maximum absolute atomic E-state index is 13.3. The first-order valence-corrected chi connectivity index (χ1v) is 9.77. The second-order valence-electron chi connectivity index (χ2n) is 6.86. The molecule has 0 radical (unpaired) electrons. The van der Waals surface area contributed by atoms with Crippen LogP contribution >= 0.6 is 15.9 Å². The van der Waals surface area contributed by atoms with Gasteiger partial charge in [0.1, 0.15) is 5.82 Å². The normalized spacial score (nSPS) is 16.9. The van der Waals surface area contributed by atoms with Gasteiger partial charge in [0.2, 0.25) is 0 Å². The molecule has 4 rings (SSSR count). The van der Waals surface area contributed by atoms with Crippen LogP contribution in [0.3, 0.4) is 0 Å². The largest absolute Gasteiger partial charge is 0.356 e. The Morgan fingerprint density at radius 2 is 2.00 bits per heavy atom. The topological polar surface area (TPSA) is 36.4 Å². The molecule has 1 amide bonds. The van der Waals surface area contributed by atoms with Gasteiger partial charge in [0.05, 0.1) is 5.56 Å². The van der Waals surface area contributed by atoms with Crippen molar-refractivity contribution in [1.29, 1.82) is 0 Å². The zero-order chi connectivity index (χ0) is 17.2. The predicted molar refractivity (Wildman–Crippen MR) is 103 cm³/mol. The number of nitrogens with zero attached hydrogens (tertiary/aromatic N) is 3. The highest BCUT2D eigenvalue weighted by Crippen LogP contribution is 2.32. The molecular formula is C20H22BrN3O. The minimum absolute atomic E-state index is 0.109. The Hall–Kier alpha value is -1.88. The van der Waals surface area contributed by atoms with E-state index in [9.17, 15) is 4.79 Å². The summed E-state index contributed by atoms with van der Waals surface area (Å²) in [5, 5.41) is 0. The summed E-state index contributed by atoms with van der Waals surface area (Å²) in [5.74, 6) is 0.961. The van der Waals surface area contributed by atoms with Crippen LogP contribution < -0.4 is 4.90 Å². The van der Waals surface area contributed by atoms with Crippen LogP contribution in [0.2, 0.25) is 0 Å². The first-order valence-electron chi connectivity index (χ1n) is 8.98. The molecule has 0 unspecified atom stereocenters. The summed E-state index contributed by atoms with van der Waals surface area (Å²) in [6.45, 7) is 2.63. The van der Waals surface area contributed by atoms with Gasteiger partial charge in [-0.05, 0) is 55.5 Å². The summed E-state index contributed by atoms with van der Waals surface area (Å²) < 4.78 is 1.05. The Kier molecular flexibility index (Phi) is 4.75. The third-order valence-electron chi connectivity index (χ3n) is 4.91. The molecule has 5 heteroatoms. The Bertz CT molecular complexity index is 769. The van der Waals surface area contributed by atoms with Gasteiger partial charge in [-0.25, -0.2) is 4.98 Å². The van der Waals surface area contributed by atoms with Crippen LogP contribution in [0.15, 0.2) is 47.1 Å². The fraction of sp³-hybridized carbons (Fsp3) is 0.400. The van der Waals surface area contributed by atoms with Crippen LogP contribution in [0.5, 0.6) is 0 Å². The van der Waals surface area contributed by atoms with Crippen molar-refractivity contribution in [2.45, 2.75) is 38.3 Å². The summed E-state index contributed by atoms with van der Waals surface area (Å²) in [7, 11) is 0. The number of amides is 1.